The van der Waals surface area contributed by atoms with Gasteiger partial charge in [0.1, 0.15) is 12.7 Å². The number of hydrogen-bond acceptors (Lipinski definition) is 5. The maximum absolute atomic E-state index is 11.0. The molecule has 0 spiro atoms. The zero-order valence-electron chi connectivity index (χ0n) is 6.53. The summed E-state index contributed by atoms with van der Waals surface area (Å²) in [5.74, 6) is 0. The van der Waals surface area contributed by atoms with E-state index in [4.69, 9.17) is 4.89 Å². The van der Waals surface area contributed by atoms with Gasteiger partial charge < -0.3 is 4.89 Å². The molecule has 0 radical (unpaired) electrons. The first kappa shape index (κ1) is 11.0. The van der Waals surface area contributed by atoms with E-state index >= 15 is 0 Å². The molecule has 7 heteroatoms. The molecule has 68 valence electrons. The fraction of sp³-hybridized carbons (Fsp3) is 1.00. The van der Waals surface area contributed by atoms with Crippen LogP contribution in [0.1, 0.15) is 0 Å². The number of nitrogens with one attached hydrogen (secondary N) is 2. The summed E-state index contributed by atoms with van der Waals surface area (Å²) in [5, 5.41) is 0. The minimum Gasteiger partial charge on any atom is -0.341 e. The third-order valence-electron chi connectivity index (χ3n) is 0.821. The molecule has 0 aromatic rings. The van der Waals surface area contributed by atoms with Gasteiger partial charge in [0.25, 0.3) is 7.37 Å². The van der Waals surface area contributed by atoms with E-state index in [0.29, 0.717) is 0 Å². The first-order chi connectivity index (χ1) is 5.12. The number of rotatable bonds is 6. The Morgan fingerprint density at radius 2 is 1.64 bits per heavy atom. The Hall–Kier alpha value is 0.0300. The SMILES string of the molecule is CNOCP(=O)(O)CONC. The Bertz CT molecular complexity index is 130. The smallest absolute Gasteiger partial charge is 0.254 e. The van der Waals surface area contributed by atoms with Crippen LogP contribution in [-0.4, -0.2) is 31.7 Å². The first-order valence-corrected chi connectivity index (χ1v) is 5.03. The summed E-state index contributed by atoms with van der Waals surface area (Å²) < 4.78 is 11.0. The molecule has 0 aromatic heterocycles. The zero-order chi connectivity index (χ0) is 8.74. The molecular weight excluding hydrogens is 171 g/mol. The van der Waals surface area contributed by atoms with Crippen LogP contribution in [-0.2, 0) is 14.2 Å². The molecule has 6 nitrogen and oxygen atoms in total. The van der Waals surface area contributed by atoms with E-state index in [1.54, 1.807) is 0 Å². The van der Waals surface area contributed by atoms with Crippen molar-refractivity contribution in [1.82, 2.24) is 11.0 Å². The third-order valence-corrected chi connectivity index (χ3v) is 1.89. The lowest BCUT2D eigenvalue weighted by molar-refractivity contribution is 0.0671. The molecule has 11 heavy (non-hydrogen) atoms. The average molecular weight is 184 g/mol. The minimum absolute atomic E-state index is 0.259. The molecule has 0 aliphatic carbocycles. The number of hydroxylamine groups is 2. The molecule has 0 fully saturated rings. The van der Waals surface area contributed by atoms with Gasteiger partial charge in [0.05, 0.1) is 0 Å². The van der Waals surface area contributed by atoms with Gasteiger partial charge in [0.15, 0.2) is 0 Å². The summed E-state index contributed by atoms with van der Waals surface area (Å²) >= 11 is 0. The molecule has 0 saturated carbocycles. The van der Waals surface area contributed by atoms with Gasteiger partial charge in [-0.25, -0.2) is 11.0 Å². The minimum atomic E-state index is -3.30. The van der Waals surface area contributed by atoms with E-state index in [1.807, 2.05) is 0 Å². The van der Waals surface area contributed by atoms with Gasteiger partial charge in [0.2, 0.25) is 0 Å². The Morgan fingerprint density at radius 3 is 1.91 bits per heavy atom. The fourth-order valence-electron chi connectivity index (χ4n) is 0.368. The van der Waals surface area contributed by atoms with Gasteiger partial charge in [-0.2, -0.15) is 0 Å². The monoisotopic (exact) mass is 184 g/mol. The van der Waals surface area contributed by atoms with Crippen LogP contribution in [0.5, 0.6) is 0 Å². The highest BCUT2D eigenvalue weighted by atomic mass is 31.2. The maximum Gasteiger partial charge on any atom is 0.254 e. The highest BCUT2D eigenvalue weighted by Crippen LogP contribution is 2.39. The molecule has 0 unspecified atom stereocenters. The summed E-state index contributed by atoms with van der Waals surface area (Å²) in [6, 6.07) is 0. The van der Waals surface area contributed by atoms with Gasteiger partial charge in [-0.1, -0.05) is 0 Å². The standard InChI is InChI=1S/C4H13N2O4P/c1-5-9-3-11(7,8)4-10-6-2/h5-6H,3-4H2,1-2H3,(H,7,8). The van der Waals surface area contributed by atoms with Crippen LogP contribution in [0.3, 0.4) is 0 Å². The van der Waals surface area contributed by atoms with Crippen LogP contribution in [0.25, 0.3) is 0 Å². The maximum atomic E-state index is 11.0. The van der Waals surface area contributed by atoms with Crippen molar-refractivity contribution in [2.75, 3.05) is 26.8 Å². The Labute approximate surface area is 65.2 Å². The molecule has 0 heterocycles. The summed E-state index contributed by atoms with van der Waals surface area (Å²) in [6.07, 6.45) is -0.518. The second kappa shape index (κ2) is 5.65. The van der Waals surface area contributed by atoms with E-state index in [9.17, 15) is 4.57 Å². The highest BCUT2D eigenvalue weighted by Gasteiger charge is 2.18. The Kier molecular flexibility index (Phi) is 5.67. The van der Waals surface area contributed by atoms with Crippen molar-refractivity contribution in [3.05, 3.63) is 0 Å². The second-order valence-electron chi connectivity index (χ2n) is 1.80. The second-order valence-corrected chi connectivity index (χ2v) is 4.01. The van der Waals surface area contributed by atoms with Crippen molar-refractivity contribution in [1.29, 1.82) is 0 Å². The summed E-state index contributed by atoms with van der Waals surface area (Å²) in [5.41, 5.74) is 4.58. The van der Waals surface area contributed by atoms with Crippen LogP contribution in [0.4, 0.5) is 0 Å². The van der Waals surface area contributed by atoms with Crippen molar-refractivity contribution in [2.24, 2.45) is 0 Å². The quantitative estimate of drug-likeness (QED) is 0.380. The third kappa shape index (κ3) is 6.43. The first-order valence-electron chi connectivity index (χ1n) is 3.00. The van der Waals surface area contributed by atoms with Crippen LogP contribution in [0.15, 0.2) is 0 Å². The summed E-state index contributed by atoms with van der Waals surface area (Å²) in [6.45, 7) is 0. The molecule has 0 saturated heterocycles. The van der Waals surface area contributed by atoms with Gasteiger partial charge in [-0.15, -0.1) is 0 Å². The molecule has 3 N–H and O–H groups in total. The molecule has 0 aliphatic rings. The highest BCUT2D eigenvalue weighted by molar-refractivity contribution is 7.57. The van der Waals surface area contributed by atoms with Gasteiger partial charge in [0, 0.05) is 14.1 Å². The van der Waals surface area contributed by atoms with Crippen molar-refractivity contribution >= 4 is 7.37 Å². The van der Waals surface area contributed by atoms with E-state index in [2.05, 4.69) is 20.6 Å². The lowest BCUT2D eigenvalue weighted by Crippen LogP contribution is -2.14. The predicted molar refractivity (Wildman–Crippen MR) is 39.8 cm³/mol. The zero-order valence-corrected chi connectivity index (χ0v) is 7.43. The van der Waals surface area contributed by atoms with E-state index in [0.717, 1.165) is 0 Å². The predicted octanol–water partition coefficient (Wildman–Crippen LogP) is -0.526. The van der Waals surface area contributed by atoms with E-state index in [1.165, 1.54) is 14.1 Å². The lowest BCUT2D eigenvalue weighted by Gasteiger charge is -2.09. The lowest BCUT2D eigenvalue weighted by atomic mass is 11.5. The van der Waals surface area contributed by atoms with Gasteiger partial charge in [-0.05, 0) is 0 Å². The van der Waals surface area contributed by atoms with E-state index in [-0.39, 0.29) is 12.7 Å². The summed E-state index contributed by atoms with van der Waals surface area (Å²) in [7, 11) is -0.269. The van der Waals surface area contributed by atoms with Crippen LogP contribution in [0.2, 0.25) is 0 Å². The van der Waals surface area contributed by atoms with Crippen LogP contribution < -0.4 is 11.0 Å². The summed E-state index contributed by atoms with van der Waals surface area (Å²) in [4.78, 5) is 18.1. The Morgan fingerprint density at radius 1 is 1.27 bits per heavy atom. The average Bonchev–Trinajstić information content (AvgIpc) is 1.97. The molecule has 0 aromatic carbocycles. The molecule has 0 atom stereocenters. The molecule has 0 amide bonds. The topological polar surface area (TPSA) is 79.8 Å². The number of hydrogen-bond donors (Lipinski definition) is 3. The molecule has 0 rings (SSSR count). The molecule has 0 aliphatic heterocycles. The largest absolute Gasteiger partial charge is 0.341 e. The normalized spacial score (nSPS) is 11.9. The molecule has 0 bridgehead atoms. The van der Waals surface area contributed by atoms with Gasteiger partial charge in [-0.3, -0.25) is 14.2 Å². The van der Waals surface area contributed by atoms with Crippen LogP contribution in [0, 0.1) is 0 Å². The van der Waals surface area contributed by atoms with Crippen LogP contribution >= 0.6 is 7.37 Å². The van der Waals surface area contributed by atoms with Crippen molar-refractivity contribution in [3.63, 3.8) is 0 Å². The Balaban J connectivity index is 3.53. The van der Waals surface area contributed by atoms with Crippen molar-refractivity contribution in [2.45, 2.75) is 0 Å². The van der Waals surface area contributed by atoms with Crippen molar-refractivity contribution < 1.29 is 19.1 Å². The van der Waals surface area contributed by atoms with Crippen molar-refractivity contribution in [3.8, 4) is 0 Å². The van der Waals surface area contributed by atoms with E-state index < -0.39 is 7.37 Å². The van der Waals surface area contributed by atoms with Gasteiger partial charge >= 0.3 is 0 Å². The fourth-order valence-corrected chi connectivity index (χ4v) is 1.10. The molecular formula is C4H13N2O4P.